The Morgan fingerprint density at radius 1 is 1.05 bits per heavy atom. The lowest BCUT2D eigenvalue weighted by atomic mass is 10.1. The Hall–Kier alpha value is -2.62. The van der Waals surface area contributed by atoms with Crippen LogP contribution in [-0.2, 0) is 4.79 Å². The molecule has 21 heavy (non-hydrogen) atoms. The van der Waals surface area contributed by atoms with Gasteiger partial charge >= 0.3 is 0 Å². The van der Waals surface area contributed by atoms with Gasteiger partial charge in [-0.1, -0.05) is 30.3 Å². The van der Waals surface area contributed by atoms with E-state index in [0.717, 1.165) is 16.9 Å². The minimum Gasteiger partial charge on any atom is -0.376 e. The van der Waals surface area contributed by atoms with Gasteiger partial charge in [-0.05, 0) is 37.6 Å². The van der Waals surface area contributed by atoms with Crippen molar-refractivity contribution in [2.75, 3.05) is 17.2 Å². The summed E-state index contributed by atoms with van der Waals surface area (Å²) in [5.41, 5.74) is 3.20. The molecule has 0 fully saturated rings. The van der Waals surface area contributed by atoms with E-state index in [1.807, 2.05) is 37.3 Å². The Morgan fingerprint density at radius 3 is 2.52 bits per heavy atom. The molecule has 4 nitrogen and oxygen atoms in total. The first-order valence-electron chi connectivity index (χ1n) is 6.76. The van der Waals surface area contributed by atoms with Gasteiger partial charge in [-0.15, -0.1) is 0 Å². The van der Waals surface area contributed by atoms with E-state index in [-0.39, 0.29) is 18.2 Å². The van der Waals surface area contributed by atoms with E-state index in [1.165, 1.54) is 6.92 Å². The van der Waals surface area contributed by atoms with Crippen LogP contribution in [0.5, 0.6) is 0 Å². The monoisotopic (exact) mass is 282 g/mol. The van der Waals surface area contributed by atoms with Gasteiger partial charge in [0, 0.05) is 16.9 Å². The Balaban J connectivity index is 1.94. The van der Waals surface area contributed by atoms with Crippen LogP contribution in [0.4, 0.5) is 11.4 Å². The number of amides is 1. The van der Waals surface area contributed by atoms with Crippen LogP contribution in [-0.4, -0.2) is 18.2 Å². The van der Waals surface area contributed by atoms with E-state index in [9.17, 15) is 9.59 Å². The number of Topliss-reactive ketones (excluding diaryl/α,β-unsaturated/α-hetero) is 1. The Labute approximate surface area is 124 Å². The molecule has 0 saturated heterocycles. The molecule has 0 unspecified atom stereocenters. The third-order valence-corrected chi connectivity index (χ3v) is 3.14. The zero-order chi connectivity index (χ0) is 15.2. The van der Waals surface area contributed by atoms with Crippen molar-refractivity contribution < 1.29 is 9.59 Å². The van der Waals surface area contributed by atoms with E-state index in [0.29, 0.717) is 5.56 Å². The molecule has 0 aliphatic rings. The van der Waals surface area contributed by atoms with Crippen molar-refractivity contribution in [1.82, 2.24) is 0 Å². The largest absolute Gasteiger partial charge is 0.376 e. The number of carbonyl (C=O) groups is 2. The average molecular weight is 282 g/mol. The number of rotatable bonds is 5. The minimum absolute atomic E-state index is 0.00279. The molecule has 0 spiro atoms. The predicted octanol–water partition coefficient (Wildman–Crippen LogP) is 3.25. The maximum absolute atomic E-state index is 11.9. The molecule has 2 aromatic rings. The Kier molecular flexibility index (Phi) is 4.72. The molecule has 0 radical (unpaired) electrons. The molecule has 0 saturated carbocycles. The van der Waals surface area contributed by atoms with Crippen LogP contribution in [0, 0.1) is 6.92 Å². The summed E-state index contributed by atoms with van der Waals surface area (Å²) in [5.74, 6) is -0.125. The summed E-state index contributed by atoms with van der Waals surface area (Å²) in [6.45, 7) is 3.61. The number of benzene rings is 2. The van der Waals surface area contributed by atoms with Gasteiger partial charge in [0.2, 0.25) is 5.91 Å². The third kappa shape index (κ3) is 4.18. The van der Waals surface area contributed by atoms with E-state index in [1.54, 1.807) is 18.2 Å². The second-order valence-corrected chi connectivity index (χ2v) is 4.85. The lowest BCUT2D eigenvalue weighted by molar-refractivity contribution is -0.114. The summed E-state index contributed by atoms with van der Waals surface area (Å²) in [4.78, 5) is 23.2. The molecular weight excluding hydrogens is 264 g/mol. The first-order valence-corrected chi connectivity index (χ1v) is 6.76. The SMILES string of the molecule is CC(=O)c1cccc(NCC(=O)Nc2ccccc2C)c1. The fraction of sp³-hybridized carbons (Fsp3) is 0.176. The molecule has 1 amide bonds. The molecule has 0 aromatic heterocycles. The number of aryl methyl sites for hydroxylation is 1. The standard InChI is InChI=1S/C17H18N2O2/c1-12-6-3-4-9-16(12)19-17(21)11-18-15-8-5-7-14(10-15)13(2)20/h3-10,18H,11H2,1-2H3,(H,19,21). The molecule has 0 heterocycles. The van der Waals surface area contributed by atoms with E-state index in [2.05, 4.69) is 10.6 Å². The zero-order valence-corrected chi connectivity index (χ0v) is 12.1. The fourth-order valence-electron chi connectivity index (χ4n) is 1.94. The number of ketones is 1. The predicted molar refractivity (Wildman–Crippen MR) is 84.7 cm³/mol. The molecular formula is C17H18N2O2. The number of hydrogen-bond acceptors (Lipinski definition) is 3. The van der Waals surface area contributed by atoms with Crippen molar-refractivity contribution in [3.05, 3.63) is 59.7 Å². The van der Waals surface area contributed by atoms with Gasteiger partial charge in [-0.3, -0.25) is 9.59 Å². The van der Waals surface area contributed by atoms with Gasteiger partial charge < -0.3 is 10.6 Å². The summed E-state index contributed by atoms with van der Waals surface area (Å²) in [7, 11) is 0. The zero-order valence-electron chi connectivity index (χ0n) is 12.1. The summed E-state index contributed by atoms with van der Waals surface area (Å²) < 4.78 is 0. The maximum atomic E-state index is 11.9. The van der Waals surface area contributed by atoms with Crippen molar-refractivity contribution in [3.8, 4) is 0 Å². The minimum atomic E-state index is -0.127. The smallest absolute Gasteiger partial charge is 0.243 e. The first kappa shape index (κ1) is 14.8. The summed E-state index contributed by atoms with van der Waals surface area (Å²) >= 11 is 0. The molecule has 4 heteroatoms. The van der Waals surface area contributed by atoms with Crippen molar-refractivity contribution in [1.29, 1.82) is 0 Å². The van der Waals surface area contributed by atoms with E-state index in [4.69, 9.17) is 0 Å². The van der Waals surface area contributed by atoms with Crippen LogP contribution in [0.1, 0.15) is 22.8 Å². The molecule has 108 valence electrons. The summed E-state index contributed by atoms with van der Waals surface area (Å²) in [6.07, 6.45) is 0. The van der Waals surface area contributed by atoms with Crippen molar-refractivity contribution in [3.63, 3.8) is 0 Å². The second-order valence-electron chi connectivity index (χ2n) is 4.85. The Morgan fingerprint density at radius 2 is 1.81 bits per heavy atom. The van der Waals surface area contributed by atoms with Gasteiger partial charge in [0.15, 0.2) is 5.78 Å². The van der Waals surface area contributed by atoms with Crippen molar-refractivity contribution in [2.24, 2.45) is 0 Å². The highest BCUT2D eigenvalue weighted by Crippen LogP contribution is 2.14. The fourth-order valence-corrected chi connectivity index (χ4v) is 1.94. The number of carbonyl (C=O) groups excluding carboxylic acids is 2. The van der Waals surface area contributed by atoms with Crippen molar-refractivity contribution >= 4 is 23.1 Å². The lowest BCUT2D eigenvalue weighted by Crippen LogP contribution is -2.22. The quantitative estimate of drug-likeness (QED) is 0.828. The average Bonchev–Trinajstić information content (AvgIpc) is 2.48. The molecule has 0 aliphatic heterocycles. The van der Waals surface area contributed by atoms with Crippen LogP contribution in [0.2, 0.25) is 0 Å². The van der Waals surface area contributed by atoms with E-state index < -0.39 is 0 Å². The second kappa shape index (κ2) is 6.70. The molecule has 0 bridgehead atoms. The van der Waals surface area contributed by atoms with Gasteiger partial charge in [0.05, 0.1) is 6.54 Å². The van der Waals surface area contributed by atoms with E-state index >= 15 is 0 Å². The summed E-state index contributed by atoms with van der Waals surface area (Å²) in [6, 6.07) is 14.7. The number of hydrogen-bond donors (Lipinski definition) is 2. The molecule has 2 N–H and O–H groups in total. The summed E-state index contributed by atoms with van der Waals surface area (Å²) in [5, 5.41) is 5.86. The van der Waals surface area contributed by atoms with Gasteiger partial charge in [0.1, 0.15) is 0 Å². The third-order valence-electron chi connectivity index (χ3n) is 3.14. The van der Waals surface area contributed by atoms with Gasteiger partial charge in [-0.2, -0.15) is 0 Å². The van der Waals surface area contributed by atoms with Crippen molar-refractivity contribution in [2.45, 2.75) is 13.8 Å². The highest BCUT2D eigenvalue weighted by Gasteiger charge is 2.05. The lowest BCUT2D eigenvalue weighted by Gasteiger charge is -2.10. The molecule has 2 rings (SSSR count). The maximum Gasteiger partial charge on any atom is 0.243 e. The molecule has 2 aromatic carbocycles. The highest BCUT2D eigenvalue weighted by atomic mass is 16.2. The first-order chi connectivity index (χ1) is 10.1. The topological polar surface area (TPSA) is 58.2 Å². The van der Waals surface area contributed by atoms with Crippen LogP contribution in [0.25, 0.3) is 0 Å². The highest BCUT2D eigenvalue weighted by molar-refractivity contribution is 5.96. The van der Waals surface area contributed by atoms with Gasteiger partial charge in [0.25, 0.3) is 0 Å². The van der Waals surface area contributed by atoms with Crippen LogP contribution in [0.3, 0.4) is 0 Å². The number of para-hydroxylation sites is 1. The van der Waals surface area contributed by atoms with Gasteiger partial charge in [-0.25, -0.2) is 0 Å². The number of anilines is 2. The van der Waals surface area contributed by atoms with Crippen LogP contribution in [0.15, 0.2) is 48.5 Å². The Bertz CT molecular complexity index is 665. The molecule has 0 aliphatic carbocycles. The molecule has 0 atom stereocenters. The van der Waals surface area contributed by atoms with Crippen LogP contribution < -0.4 is 10.6 Å². The number of nitrogens with one attached hydrogen (secondary N) is 2. The normalized spacial score (nSPS) is 10.0. The van der Waals surface area contributed by atoms with Crippen LogP contribution >= 0.6 is 0 Å².